The van der Waals surface area contributed by atoms with Gasteiger partial charge in [0, 0.05) is 32.0 Å². The molecule has 1 aliphatic heterocycles. The van der Waals surface area contributed by atoms with Crippen LogP contribution >= 0.6 is 0 Å². The molecule has 0 bridgehead atoms. The van der Waals surface area contributed by atoms with E-state index in [1.165, 1.54) is 7.11 Å². The van der Waals surface area contributed by atoms with Crippen LogP contribution < -0.4 is 10.1 Å². The summed E-state index contributed by atoms with van der Waals surface area (Å²) < 4.78 is 10.8. The molecule has 8 nitrogen and oxygen atoms in total. The third-order valence-electron chi connectivity index (χ3n) is 7.27. The molecule has 1 aliphatic rings. The van der Waals surface area contributed by atoms with Crippen LogP contribution in [0.5, 0.6) is 5.75 Å². The molecule has 0 radical (unpaired) electrons. The summed E-state index contributed by atoms with van der Waals surface area (Å²) in [7, 11) is 1.31. The molecule has 3 aromatic carbocycles. The van der Waals surface area contributed by atoms with Crippen LogP contribution in [-0.2, 0) is 32.1 Å². The van der Waals surface area contributed by atoms with E-state index in [9.17, 15) is 14.4 Å². The molecule has 0 unspecified atom stereocenters. The second-order valence-electron chi connectivity index (χ2n) is 10.3. The number of amides is 2. The van der Waals surface area contributed by atoms with Gasteiger partial charge in [0.1, 0.15) is 18.4 Å². The van der Waals surface area contributed by atoms with Crippen LogP contribution in [0.3, 0.4) is 0 Å². The molecule has 1 heterocycles. The normalized spacial score (nSPS) is 14.1. The summed E-state index contributed by atoms with van der Waals surface area (Å²) in [6.45, 7) is 8.62. The average Bonchev–Trinajstić information content (AvgIpc) is 3.03. The van der Waals surface area contributed by atoms with E-state index in [-0.39, 0.29) is 24.2 Å². The van der Waals surface area contributed by atoms with Crippen LogP contribution in [0.1, 0.15) is 36.0 Å². The van der Waals surface area contributed by atoms with E-state index in [1.807, 2.05) is 54.6 Å². The van der Waals surface area contributed by atoms with Crippen LogP contribution in [0.2, 0.25) is 0 Å². The first-order chi connectivity index (χ1) is 20.4. The number of ether oxygens (including phenoxy) is 2. The highest BCUT2D eigenvalue weighted by molar-refractivity contribution is 5.92. The zero-order valence-corrected chi connectivity index (χ0v) is 23.7. The fourth-order valence-electron chi connectivity index (χ4n) is 4.84. The zero-order valence-electron chi connectivity index (χ0n) is 23.7. The molecular weight excluding hydrogens is 530 g/mol. The zero-order chi connectivity index (χ0) is 29.7. The van der Waals surface area contributed by atoms with Crippen LogP contribution in [0, 0.1) is 12.5 Å². The summed E-state index contributed by atoms with van der Waals surface area (Å²) >= 11 is 0. The van der Waals surface area contributed by atoms with Crippen molar-refractivity contribution in [2.75, 3.05) is 20.2 Å². The molecule has 8 heteroatoms. The summed E-state index contributed by atoms with van der Waals surface area (Å²) in [6.07, 6.45) is 5.29. The number of benzene rings is 3. The third kappa shape index (κ3) is 9.07. The number of hydrogen-bond donors (Lipinski definition) is 1. The highest BCUT2D eigenvalue weighted by Gasteiger charge is 2.26. The van der Waals surface area contributed by atoms with Crippen LogP contribution in [0.15, 0.2) is 84.9 Å². The minimum Gasteiger partial charge on any atom is -0.489 e. The number of carbonyl (C=O) groups excluding carboxylic acids is 3. The van der Waals surface area contributed by atoms with Crippen molar-refractivity contribution in [3.63, 3.8) is 0 Å². The second kappa shape index (κ2) is 15.2. The Labute approximate surface area is 246 Å². The first kappa shape index (κ1) is 30.1. The molecule has 216 valence electrons. The average molecular weight is 566 g/mol. The lowest BCUT2D eigenvalue weighted by Gasteiger charge is -2.31. The molecule has 1 N–H and O–H groups in total. The maximum absolute atomic E-state index is 12.9. The van der Waals surface area contributed by atoms with E-state index < -0.39 is 12.0 Å². The topological polar surface area (TPSA) is 89.3 Å². The summed E-state index contributed by atoms with van der Waals surface area (Å²) in [5.74, 6) is 0.0641. The van der Waals surface area contributed by atoms with Gasteiger partial charge in [0.05, 0.1) is 13.7 Å². The van der Waals surface area contributed by atoms with E-state index >= 15 is 0 Å². The van der Waals surface area contributed by atoms with Gasteiger partial charge in [-0.3, -0.25) is 9.59 Å². The quantitative estimate of drug-likeness (QED) is 0.192. The van der Waals surface area contributed by atoms with Gasteiger partial charge in [0.2, 0.25) is 11.8 Å². The molecule has 2 amide bonds. The summed E-state index contributed by atoms with van der Waals surface area (Å²) in [4.78, 5) is 43.1. The minimum atomic E-state index is -0.797. The van der Waals surface area contributed by atoms with Crippen molar-refractivity contribution in [1.29, 1.82) is 0 Å². The fourth-order valence-corrected chi connectivity index (χ4v) is 4.84. The number of esters is 1. The Morgan fingerprint density at radius 1 is 0.976 bits per heavy atom. The predicted octanol–water partition coefficient (Wildman–Crippen LogP) is 5.36. The van der Waals surface area contributed by atoms with Crippen molar-refractivity contribution in [3.05, 3.63) is 113 Å². The molecule has 0 aromatic heterocycles. The summed E-state index contributed by atoms with van der Waals surface area (Å²) in [5.41, 5.74) is 3.36. The number of carbonyl (C=O) groups is 3. The highest BCUT2D eigenvalue weighted by Crippen LogP contribution is 2.22. The lowest BCUT2D eigenvalue weighted by atomic mass is 9.93. The monoisotopic (exact) mass is 565 g/mol. The van der Waals surface area contributed by atoms with Crippen LogP contribution in [-0.4, -0.2) is 48.9 Å². The molecule has 1 fully saturated rings. The first-order valence-electron chi connectivity index (χ1n) is 14.0. The van der Waals surface area contributed by atoms with Gasteiger partial charge < -0.3 is 19.7 Å². The largest absolute Gasteiger partial charge is 0.489 e. The van der Waals surface area contributed by atoms with Crippen molar-refractivity contribution >= 4 is 29.5 Å². The number of likely N-dealkylation sites (tertiary alicyclic amines) is 1. The Morgan fingerprint density at radius 2 is 1.67 bits per heavy atom. The lowest BCUT2D eigenvalue weighted by molar-refractivity contribution is -0.145. The van der Waals surface area contributed by atoms with E-state index in [0.717, 1.165) is 22.4 Å². The van der Waals surface area contributed by atoms with Crippen molar-refractivity contribution in [2.24, 2.45) is 5.92 Å². The van der Waals surface area contributed by atoms with E-state index in [0.29, 0.717) is 44.6 Å². The van der Waals surface area contributed by atoms with E-state index in [2.05, 4.69) is 10.2 Å². The highest BCUT2D eigenvalue weighted by atomic mass is 16.5. The molecule has 1 saturated heterocycles. The van der Waals surface area contributed by atoms with Gasteiger partial charge in [-0.25, -0.2) is 9.64 Å². The standard InChI is InChI=1S/C34H35N3O5/c1-35-29-13-8-25(9-14-29)12-17-33(39)37-20-18-27(19-21-37)23-32(38)36-31(34(40)41-2)22-26-10-15-30(16-11-26)42-24-28-6-4-3-5-7-28/h3-17,27,31H,18-24H2,2H3,(H,36,38)/b17-12+/t31-/m0/s1. The van der Waals surface area contributed by atoms with Crippen LogP contribution in [0.4, 0.5) is 5.69 Å². The van der Waals surface area contributed by atoms with E-state index in [1.54, 1.807) is 41.3 Å². The number of rotatable bonds is 11. The van der Waals surface area contributed by atoms with Gasteiger partial charge >= 0.3 is 5.97 Å². The molecule has 42 heavy (non-hydrogen) atoms. The van der Waals surface area contributed by atoms with Crippen molar-refractivity contribution < 1.29 is 23.9 Å². The third-order valence-corrected chi connectivity index (χ3v) is 7.27. The molecule has 0 saturated carbocycles. The van der Waals surface area contributed by atoms with Gasteiger partial charge in [-0.1, -0.05) is 66.7 Å². The lowest BCUT2D eigenvalue weighted by Crippen LogP contribution is -2.44. The molecule has 3 aromatic rings. The van der Waals surface area contributed by atoms with Crippen molar-refractivity contribution in [3.8, 4) is 5.75 Å². The van der Waals surface area contributed by atoms with Crippen LogP contribution in [0.25, 0.3) is 10.9 Å². The minimum absolute atomic E-state index is 0.0746. The summed E-state index contributed by atoms with van der Waals surface area (Å²) in [5, 5.41) is 2.85. The smallest absolute Gasteiger partial charge is 0.328 e. The number of nitrogens with one attached hydrogen (secondary N) is 1. The van der Waals surface area contributed by atoms with Crippen molar-refractivity contribution in [1.82, 2.24) is 10.2 Å². The van der Waals surface area contributed by atoms with Gasteiger partial charge in [-0.15, -0.1) is 0 Å². The van der Waals surface area contributed by atoms with Gasteiger partial charge in [-0.2, -0.15) is 0 Å². The van der Waals surface area contributed by atoms with Crippen molar-refractivity contribution in [2.45, 2.75) is 38.3 Å². The first-order valence-corrected chi connectivity index (χ1v) is 14.0. The number of methoxy groups -OCH3 is 1. The maximum atomic E-state index is 12.9. The Morgan fingerprint density at radius 3 is 2.31 bits per heavy atom. The predicted molar refractivity (Wildman–Crippen MR) is 161 cm³/mol. The Bertz CT molecular complexity index is 1400. The number of nitrogens with zero attached hydrogens (tertiary/aromatic N) is 2. The van der Waals surface area contributed by atoms with Gasteiger partial charge in [0.25, 0.3) is 0 Å². The Hall–Kier alpha value is -4.90. The Balaban J connectivity index is 1.22. The van der Waals surface area contributed by atoms with E-state index in [4.69, 9.17) is 16.0 Å². The molecule has 1 atom stereocenters. The second-order valence-corrected chi connectivity index (χ2v) is 10.3. The molecule has 4 rings (SSSR count). The number of piperidine rings is 1. The van der Waals surface area contributed by atoms with Gasteiger partial charge in [0.15, 0.2) is 5.69 Å². The fraction of sp³-hybridized carbons (Fsp3) is 0.294. The SMILES string of the molecule is [C-]#[N+]c1ccc(/C=C/C(=O)N2CCC(CC(=O)N[C@@H](Cc3ccc(OCc4ccccc4)cc3)C(=O)OC)CC2)cc1. The number of hydrogen-bond acceptors (Lipinski definition) is 5. The molecule has 0 spiro atoms. The Kier molecular flexibility index (Phi) is 10.9. The molecule has 0 aliphatic carbocycles. The maximum Gasteiger partial charge on any atom is 0.328 e. The van der Waals surface area contributed by atoms with Gasteiger partial charge in [-0.05, 0) is 53.7 Å². The molecular formula is C34H35N3O5. The summed E-state index contributed by atoms with van der Waals surface area (Å²) in [6, 6.07) is 23.6.